The monoisotopic (exact) mass is 414 g/mol. The largest absolute Gasteiger partial charge is 0.481 e. The third-order valence-corrected chi connectivity index (χ3v) is 5.43. The number of rotatable bonds is 4. The van der Waals surface area contributed by atoms with Crippen LogP contribution in [-0.4, -0.2) is 26.9 Å². The lowest BCUT2D eigenvalue weighted by Crippen LogP contribution is -2.29. The number of hydrogen-bond acceptors (Lipinski definition) is 3. The molecule has 1 unspecified atom stereocenters. The van der Waals surface area contributed by atoms with Gasteiger partial charge in [-0.05, 0) is 36.6 Å². The minimum Gasteiger partial charge on any atom is -0.481 e. The highest BCUT2D eigenvalue weighted by molar-refractivity contribution is 8.00. The van der Waals surface area contributed by atoms with Crippen molar-refractivity contribution in [1.29, 1.82) is 0 Å². The third kappa shape index (κ3) is 4.79. The number of carbonyl (C=O) groups is 2. The first-order chi connectivity index (χ1) is 12.6. The molecule has 8 heteroatoms. The number of aliphatic carboxylic acids is 2. The highest BCUT2D eigenvalue weighted by Gasteiger charge is 2.38. The highest BCUT2D eigenvalue weighted by atomic mass is 32.2. The van der Waals surface area contributed by atoms with Crippen LogP contribution in [0.4, 0.5) is 13.2 Å². The smallest absolute Gasteiger partial charge is 0.417 e. The number of benzene rings is 1. The van der Waals surface area contributed by atoms with E-state index in [1.54, 1.807) is 20.8 Å². The van der Waals surface area contributed by atoms with Gasteiger partial charge in [0.25, 0.3) is 0 Å². The molecule has 0 heterocycles. The third-order valence-electron chi connectivity index (χ3n) is 4.25. The Labute approximate surface area is 165 Å². The van der Waals surface area contributed by atoms with E-state index in [0.29, 0.717) is 0 Å². The molecule has 1 aliphatic rings. The van der Waals surface area contributed by atoms with Crippen LogP contribution >= 0.6 is 11.8 Å². The predicted molar refractivity (Wildman–Crippen MR) is 101 cm³/mol. The van der Waals surface area contributed by atoms with Gasteiger partial charge in [0.1, 0.15) is 0 Å². The molecule has 0 fully saturated rings. The van der Waals surface area contributed by atoms with Crippen LogP contribution in [0, 0.1) is 5.41 Å². The first-order valence-corrected chi connectivity index (χ1v) is 9.25. The average Bonchev–Trinajstić information content (AvgIpc) is 2.52. The van der Waals surface area contributed by atoms with Gasteiger partial charge in [0.2, 0.25) is 0 Å². The lowest BCUT2D eigenvalue weighted by Gasteiger charge is -2.27. The molecule has 4 nitrogen and oxygen atoms in total. The molecule has 0 spiro atoms. The number of thioether (sulfide) groups is 1. The zero-order valence-corrected chi connectivity index (χ0v) is 16.7. The molecular weight excluding hydrogens is 393 g/mol. The Bertz CT molecular complexity index is 878. The molecule has 0 aromatic heterocycles. The van der Waals surface area contributed by atoms with Gasteiger partial charge in [0.05, 0.1) is 11.0 Å². The van der Waals surface area contributed by atoms with E-state index in [1.807, 2.05) is 0 Å². The molecule has 0 amide bonds. The minimum atomic E-state index is -4.61. The normalized spacial score (nSPS) is 20.4. The van der Waals surface area contributed by atoms with Crippen molar-refractivity contribution in [3.63, 3.8) is 0 Å². The van der Waals surface area contributed by atoms with Crippen molar-refractivity contribution in [3.05, 3.63) is 47.1 Å². The van der Waals surface area contributed by atoms with Gasteiger partial charge in [-0.3, -0.25) is 4.79 Å². The topological polar surface area (TPSA) is 74.6 Å². The van der Waals surface area contributed by atoms with E-state index in [9.17, 15) is 33.0 Å². The SMILES string of the molecule is CC(C)(C)Sc1ccc(C2=C(C(=O)O)CC(C)(C(=O)O)C=C2)cc1C(F)(F)F. The second kappa shape index (κ2) is 7.31. The van der Waals surface area contributed by atoms with Crippen LogP contribution in [-0.2, 0) is 15.8 Å². The summed E-state index contributed by atoms with van der Waals surface area (Å²) in [5.41, 5.74) is -2.32. The first-order valence-electron chi connectivity index (χ1n) is 8.44. The summed E-state index contributed by atoms with van der Waals surface area (Å²) in [5, 5.41) is 18.8. The molecule has 0 saturated carbocycles. The van der Waals surface area contributed by atoms with Gasteiger partial charge < -0.3 is 10.2 Å². The lowest BCUT2D eigenvalue weighted by molar-refractivity contribution is -0.145. The molecule has 1 aliphatic carbocycles. The fourth-order valence-corrected chi connectivity index (χ4v) is 3.92. The summed E-state index contributed by atoms with van der Waals surface area (Å²) in [7, 11) is 0. The predicted octanol–water partition coefficient (Wildman–Crippen LogP) is 5.49. The maximum absolute atomic E-state index is 13.6. The highest BCUT2D eigenvalue weighted by Crippen LogP contribution is 2.44. The van der Waals surface area contributed by atoms with E-state index < -0.39 is 33.8 Å². The molecule has 0 radical (unpaired) electrons. The Morgan fingerprint density at radius 3 is 2.21 bits per heavy atom. The summed E-state index contributed by atoms with van der Waals surface area (Å²) >= 11 is 1.07. The van der Waals surface area contributed by atoms with E-state index in [4.69, 9.17) is 0 Å². The second-order valence-electron chi connectivity index (χ2n) is 7.85. The molecular formula is C20H21F3O4S. The number of carboxylic acids is 2. The standard InChI is InChI=1S/C20H21F3O4S/c1-18(2,3)28-15-6-5-11(9-14(15)20(21,22)23)12-7-8-19(4,17(26)27)10-13(12)16(24)25/h5-9H,10H2,1-4H3,(H,24,25)(H,26,27). The molecule has 1 aromatic carbocycles. The molecule has 0 bridgehead atoms. The van der Waals surface area contributed by atoms with Crippen LogP contribution in [0.2, 0.25) is 0 Å². The van der Waals surface area contributed by atoms with Crippen LogP contribution in [0.25, 0.3) is 5.57 Å². The van der Waals surface area contributed by atoms with Gasteiger partial charge in [0.15, 0.2) is 0 Å². The molecule has 1 aromatic rings. The van der Waals surface area contributed by atoms with Gasteiger partial charge in [-0.1, -0.05) is 39.0 Å². The van der Waals surface area contributed by atoms with Crippen LogP contribution < -0.4 is 0 Å². The van der Waals surface area contributed by atoms with Gasteiger partial charge in [0, 0.05) is 15.2 Å². The van der Waals surface area contributed by atoms with Gasteiger partial charge >= 0.3 is 18.1 Å². The van der Waals surface area contributed by atoms with E-state index in [0.717, 1.165) is 17.8 Å². The fraction of sp³-hybridized carbons (Fsp3) is 0.400. The average molecular weight is 414 g/mol. The summed E-state index contributed by atoms with van der Waals surface area (Å²) in [6.45, 7) is 6.77. The molecule has 2 N–H and O–H groups in total. The van der Waals surface area contributed by atoms with Crippen LogP contribution in [0.1, 0.15) is 45.2 Å². The fourth-order valence-electron chi connectivity index (χ4n) is 2.84. The van der Waals surface area contributed by atoms with Crippen molar-refractivity contribution in [2.75, 3.05) is 0 Å². The maximum atomic E-state index is 13.6. The Kier molecular flexibility index (Phi) is 5.76. The Hall–Kier alpha value is -2.22. The molecule has 2 rings (SSSR count). The number of hydrogen-bond donors (Lipinski definition) is 2. The van der Waals surface area contributed by atoms with Crippen molar-refractivity contribution in [1.82, 2.24) is 0 Å². The Morgan fingerprint density at radius 1 is 1.14 bits per heavy atom. The van der Waals surface area contributed by atoms with Crippen LogP contribution in [0.3, 0.4) is 0 Å². The quantitative estimate of drug-likeness (QED) is 0.638. The van der Waals surface area contributed by atoms with Gasteiger partial charge in [-0.2, -0.15) is 13.2 Å². The molecule has 0 saturated heterocycles. The summed E-state index contributed by atoms with van der Waals surface area (Å²) in [5.74, 6) is -2.55. The number of allylic oxidation sites excluding steroid dienone is 2. The maximum Gasteiger partial charge on any atom is 0.417 e. The number of alkyl halides is 3. The van der Waals surface area contributed by atoms with Crippen molar-refractivity contribution in [2.45, 2.75) is 49.9 Å². The molecule has 152 valence electrons. The molecule has 1 atom stereocenters. The zero-order chi connectivity index (χ0) is 21.5. The minimum absolute atomic E-state index is 0.0522. The van der Waals surface area contributed by atoms with Crippen molar-refractivity contribution in [3.8, 4) is 0 Å². The van der Waals surface area contributed by atoms with Crippen molar-refractivity contribution >= 4 is 29.3 Å². The van der Waals surface area contributed by atoms with Crippen LogP contribution in [0.5, 0.6) is 0 Å². The van der Waals surface area contributed by atoms with E-state index in [1.165, 1.54) is 31.2 Å². The summed E-state index contributed by atoms with van der Waals surface area (Å²) in [6.07, 6.45) is -2.32. The molecule has 0 aliphatic heterocycles. The van der Waals surface area contributed by atoms with Crippen molar-refractivity contribution in [2.24, 2.45) is 5.41 Å². The van der Waals surface area contributed by atoms with Crippen LogP contribution in [0.15, 0.2) is 40.8 Å². The van der Waals surface area contributed by atoms with E-state index >= 15 is 0 Å². The second-order valence-corrected chi connectivity index (χ2v) is 9.72. The van der Waals surface area contributed by atoms with Gasteiger partial charge in [-0.15, -0.1) is 11.8 Å². The molecule has 28 heavy (non-hydrogen) atoms. The zero-order valence-electron chi connectivity index (χ0n) is 15.8. The van der Waals surface area contributed by atoms with Crippen molar-refractivity contribution < 1.29 is 33.0 Å². The Balaban J connectivity index is 2.62. The summed E-state index contributed by atoms with van der Waals surface area (Å²) in [6, 6.07) is 3.70. The number of halogens is 3. The number of carboxylic acid groups (broad SMARTS) is 2. The van der Waals surface area contributed by atoms with Gasteiger partial charge in [-0.25, -0.2) is 4.79 Å². The Morgan fingerprint density at radius 2 is 1.75 bits per heavy atom. The summed E-state index contributed by atoms with van der Waals surface area (Å²) in [4.78, 5) is 23.2. The lowest BCUT2D eigenvalue weighted by atomic mass is 9.76. The van der Waals surface area contributed by atoms with E-state index in [-0.39, 0.29) is 28.0 Å². The van der Waals surface area contributed by atoms with E-state index in [2.05, 4.69) is 0 Å². The first kappa shape index (κ1) is 22.1. The summed E-state index contributed by atoms with van der Waals surface area (Å²) < 4.78 is 40.4.